The lowest BCUT2D eigenvalue weighted by atomic mass is 9.95. The highest BCUT2D eigenvalue weighted by atomic mass is 19.1. The molecule has 0 spiro atoms. The van der Waals surface area contributed by atoms with Crippen molar-refractivity contribution in [2.45, 2.75) is 27.3 Å². The van der Waals surface area contributed by atoms with Gasteiger partial charge in [0.25, 0.3) is 0 Å². The van der Waals surface area contributed by atoms with Crippen LogP contribution in [0.15, 0.2) is 12.1 Å². The lowest BCUT2D eigenvalue weighted by Crippen LogP contribution is -2.26. The number of hydrogen-bond donors (Lipinski definition) is 1. The Bertz CT molecular complexity index is 579. The average Bonchev–Trinajstić information content (AvgIpc) is 2.70. The molecule has 0 aliphatic heterocycles. The molecule has 2 N–H and O–H groups in total. The lowest BCUT2D eigenvalue weighted by Gasteiger charge is -2.24. The van der Waals surface area contributed by atoms with E-state index in [0.717, 1.165) is 0 Å². The Morgan fingerprint density at radius 1 is 1.42 bits per heavy atom. The highest BCUT2D eigenvalue weighted by molar-refractivity contribution is 5.78. The van der Waals surface area contributed by atoms with Gasteiger partial charge in [0.2, 0.25) is 0 Å². The fourth-order valence-electron chi connectivity index (χ4n) is 1.95. The second kappa shape index (κ2) is 5.13. The number of aromatic nitrogens is 3. The third kappa shape index (κ3) is 3.01. The molecular formula is C13H19FN4O. The Morgan fingerprint density at radius 3 is 2.84 bits per heavy atom. The van der Waals surface area contributed by atoms with Gasteiger partial charge in [-0.15, -0.1) is 5.10 Å². The lowest BCUT2D eigenvalue weighted by molar-refractivity contribution is 0.0594. The first-order valence-electron chi connectivity index (χ1n) is 6.29. The van der Waals surface area contributed by atoms with E-state index >= 15 is 0 Å². The molecule has 0 fully saturated rings. The Kier molecular flexibility index (Phi) is 3.71. The van der Waals surface area contributed by atoms with Gasteiger partial charge in [0.15, 0.2) is 0 Å². The topological polar surface area (TPSA) is 66.0 Å². The zero-order chi connectivity index (χ0) is 14.0. The first-order valence-corrected chi connectivity index (χ1v) is 6.29. The zero-order valence-electron chi connectivity index (χ0n) is 11.5. The quantitative estimate of drug-likeness (QED) is 0.843. The van der Waals surface area contributed by atoms with E-state index in [1.807, 2.05) is 6.92 Å². The molecule has 0 aliphatic carbocycles. The molecule has 0 aliphatic rings. The number of hydrogen-bond acceptors (Lipinski definition) is 4. The van der Waals surface area contributed by atoms with E-state index in [9.17, 15) is 4.39 Å². The van der Waals surface area contributed by atoms with Crippen LogP contribution in [0.1, 0.15) is 20.8 Å². The van der Waals surface area contributed by atoms with Crippen molar-refractivity contribution in [2.75, 3.05) is 18.9 Å². The van der Waals surface area contributed by atoms with Gasteiger partial charge in [-0.05, 0) is 13.0 Å². The van der Waals surface area contributed by atoms with E-state index in [-0.39, 0.29) is 11.1 Å². The van der Waals surface area contributed by atoms with E-state index in [4.69, 9.17) is 10.5 Å². The second-order valence-corrected chi connectivity index (χ2v) is 5.41. The van der Waals surface area contributed by atoms with Crippen molar-refractivity contribution in [3.05, 3.63) is 17.9 Å². The summed E-state index contributed by atoms with van der Waals surface area (Å²) in [5.41, 5.74) is 6.76. The van der Waals surface area contributed by atoms with Gasteiger partial charge in [0.1, 0.15) is 11.3 Å². The molecule has 6 heteroatoms. The zero-order valence-corrected chi connectivity index (χ0v) is 11.5. The molecule has 0 atom stereocenters. The number of fused-ring (bicyclic) bond motifs is 1. The molecule has 2 rings (SSSR count). The molecule has 1 aromatic heterocycles. The van der Waals surface area contributed by atoms with E-state index in [1.165, 1.54) is 12.1 Å². The van der Waals surface area contributed by atoms with Gasteiger partial charge in [-0.2, -0.15) is 0 Å². The molecule has 0 saturated heterocycles. The van der Waals surface area contributed by atoms with Crippen LogP contribution in [0, 0.1) is 11.2 Å². The van der Waals surface area contributed by atoms with Crippen LogP contribution in [-0.2, 0) is 11.3 Å². The van der Waals surface area contributed by atoms with Gasteiger partial charge in [-0.1, -0.05) is 19.1 Å². The van der Waals surface area contributed by atoms with Crippen molar-refractivity contribution in [2.24, 2.45) is 5.41 Å². The molecule has 2 aromatic rings. The monoisotopic (exact) mass is 266 g/mol. The van der Waals surface area contributed by atoms with Crippen LogP contribution in [0.2, 0.25) is 0 Å². The largest absolute Gasteiger partial charge is 0.396 e. The van der Waals surface area contributed by atoms with E-state index in [0.29, 0.717) is 30.8 Å². The fourth-order valence-corrected chi connectivity index (χ4v) is 1.95. The minimum Gasteiger partial charge on any atom is -0.396 e. The molecule has 0 unspecified atom stereocenters. The summed E-state index contributed by atoms with van der Waals surface area (Å²) < 4.78 is 20.7. The Balaban J connectivity index is 2.28. The summed E-state index contributed by atoms with van der Waals surface area (Å²) in [6, 6.07) is 2.88. The van der Waals surface area contributed by atoms with Gasteiger partial charge < -0.3 is 10.5 Å². The molecule has 1 aromatic carbocycles. The van der Waals surface area contributed by atoms with E-state index in [2.05, 4.69) is 24.2 Å². The minimum atomic E-state index is -0.446. The SMILES string of the molecule is CCOCC(C)(C)Cn1nnc2cc(N)c(F)cc21. The number of ether oxygens (including phenoxy) is 1. The van der Waals surface area contributed by atoms with Crippen LogP contribution in [-0.4, -0.2) is 28.2 Å². The van der Waals surface area contributed by atoms with Gasteiger partial charge in [-0.3, -0.25) is 0 Å². The molecule has 104 valence electrons. The van der Waals surface area contributed by atoms with Crippen molar-refractivity contribution in [1.82, 2.24) is 15.0 Å². The second-order valence-electron chi connectivity index (χ2n) is 5.41. The standard InChI is InChI=1S/C13H19FN4O/c1-4-19-8-13(2,3)7-18-12-5-9(14)10(15)6-11(12)16-17-18/h5-6H,4,7-8,15H2,1-3H3. The third-order valence-electron chi connectivity index (χ3n) is 2.91. The van der Waals surface area contributed by atoms with Gasteiger partial charge in [0.05, 0.1) is 24.4 Å². The van der Waals surface area contributed by atoms with Crippen molar-refractivity contribution in [3.8, 4) is 0 Å². The summed E-state index contributed by atoms with van der Waals surface area (Å²) in [7, 11) is 0. The first kappa shape index (κ1) is 13.7. The third-order valence-corrected chi connectivity index (χ3v) is 2.91. The number of nitrogens with zero attached hydrogens (tertiary/aromatic N) is 3. The molecule has 19 heavy (non-hydrogen) atoms. The summed E-state index contributed by atoms with van der Waals surface area (Å²) in [5, 5.41) is 8.07. The molecule has 0 radical (unpaired) electrons. The number of benzene rings is 1. The smallest absolute Gasteiger partial charge is 0.148 e. The van der Waals surface area contributed by atoms with Crippen LogP contribution in [0.4, 0.5) is 10.1 Å². The number of anilines is 1. The van der Waals surface area contributed by atoms with Crippen molar-refractivity contribution < 1.29 is 9.13 Å². The predicted octanol–water partition coefficient (Wildman–Crippen LogP) is 2.22. The van der Waals surface area contributed by atoms with Gasteiger partial charge in [-0.25, -0.2) is 9.07 Å². The Hall–Kier alpha value is -1.69. The molecule has 0 amide bonds. The molecular weight excluding hydrogens is 247 g/mol. The highest BCUT2D eigenvalue weighted by Gasteiger charge is 2.21. The van der Waals surface area contributed by atoms with Crippen molar-refractivity contribution in [3.63, 3.8) is 0 Å². The Morgan fingerprint density at radius 2 is 2.16 bits per heavy atom. The molecule has 1 heterocycles. The predicted molar refractivity (Wildman–Crippen MR) is 72.2 cm³/mol. The fraction of sp³-hybridized carbons (Fsp3) is 0.538. The van der Waals surface area contributed by atoms with Crippen molar-refractivity contribution >= 4 is 16.7 Å². The van der Waals surface area contributed by atoms with Crippen LogP contribution in [0.25, 0.3) is 11.0 Å². The summed E-state index contributed by atoms with van der Waals surface area (Å²) in [5.74, 6) is -0.446. The van der Waals surface area contributed by atoms with Gasteiger partial charge in [0, 0.05) is 18.1 Å². The van der Waals surface area contributed by atoms with Crippen LogP contribution < -0.4 is 5.73 Å². The normalized spacial score (nSPS) is 12.2. The summed E-state index contributed by atoms with van der Waals surface area (Å²) >= 11 is 0. The van der Waals surface area contributed by atoms with Crippen LogP contribution in [0.5, 0.6) is 0 Å². The van der Waals surface area contributed by atoms with Crippen LogP contribution >= 0.6 is 0 Å². The summed E-state index contributed by atoms with van der Waals surface area (Å²) in [6.07, 6.45) is 0. The molecule has 5 nitrogen and oxygen atoms in total. The maximum Gasteiger partial charge on any atom is 0.148 e. The first-order chi connectivity index (χ1) is 8.93. The van der Waals surface area contributed by atoms with E-state index < -0.39 is 5.82 Å². The summed E-state index contributed by atoms with van der Waals surface area (Å²) in [4.78, 5) is 0. The van der Waals surface area contributed by atoms with Crippen molar-refractivity contribution in [1.29, 1.82) is 0 Å². The maximum absolute atomic E-state index is 13.5. The van der Waals surface area contributed by atoms with Crippen LogP contribution in [0.3, 0.4) is 0 Å². The highest BCUT2D eigenvalue weighted by Crippen LogP contribution is 2.23. The van der Waals surface area contributed by atoms with E-state index in [1.54, 1.807) is 4.68 Å². The number of nitrogens with two attached hydrogens (primary N) is 1. The number of halogens is 1. The number of rotatable bonds is 5. The Labute approximate surface area is 111 Å². The minimum absolute atomic E-state index is 0.0909. The van der Waals surface area contributed by atoms with Gasteiger partial charge >= 0.3 is 0 Å². The average molecular weight is 266 g/mol. The maximum atomic E-state index is 13.5. The molecule has 0 saturated carbocycles. The summed E-state index contributed by atoms with van der Waals surface area (Å²) in [6.45, 7) is 7.99. The molecule has 0 bridgehead atoms. The number of nitrogen functional groups attached to an aromatic ring is 1.